The summed E-state index contributed by atoms with van der Waals surface area (Å²) in [6.07, 6.45) is 0.542. The van der Waals surface area contributed by atoms with Gasteiger partial charge >= 0.3 is 0 Å². The zero-order valence-corrected chi connectivity index (χ0v) is 12.2. The van der Waals surface area contributed by atoms with E-state index in [1.54, 1.807) is 0 Å². The zero-order valence-electron chi connectivity index (χ0n) is 10.6. The molecule has 0 spiro atoms. The number of carbonyl (C=O) groups excluding carboxylic acids is 1. The van der Waals surface area contributed by atoms with E-state index in [9.17, 15) is 4.79 Å². The first-order valence-electron chi connectivity index (χ1n) is 5.82. The summed E-state index contributed by atoms with van der Waals surface area (Å²) in [6.45, 7) is 3.86. The van der Waals surface area contributed by atoms with E-state index in [1.807, 2.05) is 32.0 Å². The fraction of sp³-hybridized carbons (Fsp3) is 0.462. The second-order valence-electron chi connectivity index (χ2n) is 4.20. The van der Waals surface area contributed by atoms with E-state index in [-0.39, 0.29) is 25.2 Å². The third-order valence-electron chi connectivity index (χ3n) is 2.42. The Morgan fingerprint density at radius 1 is 1.56 bits per heavy atom. The minimum absolute atomic E-state index is 0.0303. The predicted octanol–water partition coefficient (Wildman–Crippen LogP) is 2.02. The van der Waals surface area contributed by atoms with Crippen molar-refractivity contribution in [2.45, 2.75) is 26.3 Å². The van der Waals surface area contributed by atoms with Crippen LogP contribution in [0.4, 0.5) is 0 Å². The Morgan fingerprint density at radius 3 is 2.89 bits per heavy atom. The number of rotatable bonds is 6. The van der Waals surface area contributed by atoms with Crippen LogP contribution in [0.3, 0.4) is 0 Å². The van der Waals surface area contributed by atoms with Crippen molar-refractivity contribution >= 4 is 21.8 Å². The monoisotopic (exact) mass is 315 g/mol. The summed E-state index contributed by atoms with van der Waals surface area (Å²) < 4.78 is 6.24. The van der Waals surface area contributed by atoms with Crippen molar-refractivity contribution in [3.63, 3.8) is 0 Å². The topological polar surface area (TPSA) is 58.6 Å². The third-order valence-corrected chi connectivity index (χ3v) is 3.04. The van der Waals surface area contributed by atoms with Gasteiger partial charge in [0.25, 0.3) is 5.91 Å². The fourth-order valence-corrected chi connectivity index (χ4v) is 2.06. The molecular weight excluding hydrogens is 298 g/mol. The van der Waals surface area contributed by atoms with E-state index < -0.39 is 0 Å². The molecule has 0 saturated heterocycles. The van der Waals surface area contributed by atoms with Gasteiger partial charge in [0.15, 0.2) is 6.61 Å². The molecule has 0 heterocycles. The Labute approximate surface area is 115 Å². The number of aryl methyl sites for hydroxylation is 1. The van der Waals surface area contributed by atoms with Gasteiger partial charge in [-0.1, -0.05) is 6.07 Å². The molecule has 1 aromatic rings. The Bertz CT molecular complexity index is 409. The van der Waals surface area contributed by atoms with Crippen molar-refractivity contribution in [3.8, 4) is 5.75 Å². The number of amides is 1. The van der Waals surface area contributed by atoms with Gasteiger partial charge in [-0.25, -0.2) is 0 Å². The molecule has 0 aliphatic carbocycles. The van der Waals surface area contributed by atoms with Gasteiger partial charge in [0, 0.05) is 12.6 Å². The van der Waals surface area contributed by atoms with Gasteiger partial charge in [0.1, 0.15) is 5.75 Å². The van der Waals surface area contributed by atoms with Crippen LogP contribution < -0.4 is 10.1 Å². The molecule has 0 bridgehead atoms. The highest BCUT2D eigenvalue weighted by Gasteiger charge is 2.08. The predicted molar refractivity (Wildman–Crippen MR) is 73.7 cm³/mol. The summed E-state index contributed by atoms with van der Waals surface area (Å²) in [5.74, 6) is 0.453. The molecule has 4 nitrogen and oxygen atoms in total. The third kappa shape index (κ3) is 5.06. The maximum absolute atomic E-state index is 11.5. The molecule has 1 amide bonds. The van der Waals surface area contributed by atoms with Gasteiger partial charge in [0.2, 0.25) is 0 Å². The number of ether oxygens (including phenoxy) is 1. The summed E-state index contributed by atoms with van der Waals surface area (Å²) >= 11 is 3.38. The maximum atomic E-state index is 11.5. The Kier molecular flexibility index (Phi) is 6.15. The lowest BCUT2D eigenvalue weighted by Crippen LogP contribution is -2.36. The molecule has 0 aliphatic rings. The average molecular weight is 316 g/mol. The van der Waals surface area contributed by atoms with Gasteiger partial charge in [-0.05, 0) is 53.9 Å². The fourth-order valence-electron chi connectivity index (χ4n) is 1.45. The van der Waals surface area contributed by atoms with Crippen LogP contribution in [0.5, 0.6) is 5.75 Å². The second-order valence-corrected chi connectivity index (χ2v) is 5.06. The molecule has 5 heteroatoms. The lowest BCUT2D eigenvalue weighted by Gasteiger charge is -2.13. The molecule has 1 aromatic carbocycles. The molecule has 0 saturated carbocycles. The molecule has 2 N–H and O–H groups in total. The maximum Gasteiger partial charge on any atom is 0.258 e. The van der Waals surface area contributed by atoms with Crippen LogP contribution in [0.15, 0.2) is 22.7 Å². The van der Waals surface area contributed by atoms with E-state index in [4.69, 9.17) is 9.84 Å². The number of aliphatic hydroxyl groups is 1. The Hall–Kier alpha value is -1.07. The quantitative estimate of drug-likeness (QED) is 0.844. The molecule has 1 atom stereocenters. The highest BCUT2D eigenvalue weighted by molar-refractivity contribution is 9.10. The summed E-state index contributed by atoms with van der Waals surface area (Å²) in [7, 11) is 0. The molecule has 100 valence electrons. The average Bonchev–Trinajstić information content (AvgIpc) is 2.28. The first-order chi connectivity index (χ1) is 8.52. The second kappa shape index (κ2) is 7.38. The molecule has 1 unspecified atom stereocenters. The lowest BCUT2D eigenvalue weighted by molar-refractivity contribution is -0.123. The van der Waals surface area contributed by atoms with Crippen molar-refractivity contribution < 1.29 is 14.6 Å². The first-order valence-corrected chi connectivity index (χ1v) is 6.61. The largest absolute Gasteiger partial charge is 0.483 e. The standard InChI is InChI=1S/C13H18BrNO3/c1-9-3-4-12(11(14)7-9)18-8-13(17)15-10(2)5-6-16/h3-4,7,10,16H,5-6,8H2,1-2H3,(H,15,17). The van der Waals surface area contributed by atoms with Crippen LogP contribution in [-0.4, -0.2) is 30.3 Å². The number of aliphatic hydroxyl groups excluding tert-OH is 1. The van der Waals surface area contributed by atoms with Gasteiger partial charge in [-0.3, -0.25) is 4.79 Å². The summed E-state index contributed by atoms with van der Waals surface area (Å²) in [4.78, 5) is 11.5. The number of nitrogens with one attached hydrogen (secondary N) is 1. The van der Waals surface area contributed by atoms with Gasteiger partial charge in [-0.15, -0.1) is 0 Å². The van der Waals surface area contributed by atoms with Crippen LogP contribution in [0.1, 0.15) is 18.9 Å². The Morgan fingerprint density at radius 2 is 2.28 bits per heavy atom. The summed E-state index contributed by atoms with van der Waals surface area (Å²) in [5.41, 5.74) is 1.12. The molecule has 0 fully saturated rings. The minimum atomic E-state index is -0.191. The molecule has 0 radical (unpaired) electrons. The molecule has 1 rings (SSSR count). The summed E-state index contributed by atoms with van der Waals surface area (Å²) in [5, 5.41) is 11.5. The van der Waals surface area contributed by atoms with Crippen molar-refractivity contribution in [1.29, 1.82) is 0 Å². The van der Waals surface area contributed by atoms with E-state index in [1.165, 1.54) is 0 Å². The van der Waals surface area contributed by atoms with Crippen molar-refractivity contribution in [2.75, 3.05) is 13.2 Å². The smallest absolute Gasteiger partial charge is 0.258 e. The van der Waals surface area contributed by atoms with Gasteiger partial charge in [0.05, 0.1) is 4.47 Å². The van der Waals surface area contributed by atoms with Crippen LogP contribution in [-0.2, 0) is 4.79 Å². The van der Waals surface area contributed by atoms with E-state index in [0.29, 0.717) is 12.2 Å². The summed E-state index contributed by atoms with van der Waals surface area (Å²) in [6, 6.07) is 5.63. The van der Waals surface area contributed by atoms with Crippen molar-refractivity contribution in [3.05, 3.63) is 28.2 Å². The molecule has 0 aromatic heterocycles. The van der Waals surface area contributed by atoms with Gasteiger partial charge < -0.3 is 15.2 Å². The van der Waals surface area contributed by atoms with Crippen LogP contribution in [0.25, 0.3) is 0 Å². The SMILES string of the molecule is Cc1ccc(OCC(=O)NC(C)CCO)c(Br)c1. The number of hydrogen-bond acceptors (Lipinski definition) is 3. The van der Waals surface area contributed by atoms with E-state index >= 15 is 0 Å². The first kappa shape index (κ1) is 15.0. The number of carbonyl (C=O) groups is 1. The Balaban J connectivity index is 2.42. The highest BCUT2D eigenvalue weighted by atomic mass is 79.9. The normalized spacial score (nSPS) is 12.0. The molecule has 0 aliphatic heterocycles. The lowest BCUT2D eigenvalue weighted by atomic mass is 10.2. The van der Waals surface area contributed by atoms with Gasteiger partial charge in [-0.2, -0.15) is 0 Å². The van der Waals surface area contributed by atoms with Crippen LogP contribution in [0, 0.1) is 6.92 Å². The number of hydrogen-bond donors (Lipinski definition) is 2. The number of benzene rings is 1. The van der Waals surface area contributed by atoms with E-state index in [0.717, 1.165) is 10.0 Å². The molecular formula is C13H18BrNO3. The van der Waals surface area contributed by atoms with Crippen LogP contribution >= 0.6 is 15.9 Å². The number of halogens is 1. The highest BCUT2D eigenvalue weighted by Crippen LogP contribution is 2.25. The van der Waals surface area contributed by atoms with Crippen molar-refractivity contribution in [2.24, 2.45) is 0 Å². The van der Waals surface area contributed by atoms with Crippen molar-refractivity contribution in [1.82, 2.24) is 5.32 Å². The molecule has 18 heavy (non-hydrogen) atoms. The van der Waals surface area contributed by atoms with Crippen LogP contribution in [0.2, 0.25) is 0 Å². The van der Waals surface area contributed by atoms with E-state index in [2.05, 4.69) is 21.2 Å². The minimum Gasteiger partial charge on any atom is -0.483 e. The zero-order chi connectivity index (χ0) is 13.5.